The Morgan fingerprint density at radius 2 is 1.45 bits per heavy atom. The minimum absolute atomic E-state index is 0.593. The predicted octanol–water partition coefficient (Wildman–Crippen LogP) is 2.49. The second-order valence-electron chi connectivity index (χ2n) is 7.88. The number of hydrogen-bond acceptors (Lipinski definition) is 3. The molecular formula is C17H27N3. The van der Waals surface area contributed by atoms with E-state index >= 15 is 0 Å². The lowest BCUT2D eigenvalue weighted by Crippen LogP contribution is -2.63. The maximum atomic E-state index is 8.72. The molecule has 4 saturated carbocycles. The lowest BCUT2D eigenvalue weighted by molar-refractivity contribution is -0.101. The van der Waals surface area contributed by atoms with Crippen LogP contribution in [0.4, 0.5) is 0 Å². The van der Waals surface area contributed by atoms with Crippen LogP contribution in [-0.2, 0) is 0 Å². The predicted molar refractivity (Wildman–Crippen MR) is 79.1 cm³/mol. The van der Waals surface area contributed by atoms with Crippen LogP contribution in [0.25, 0.3) is 0 Å². The Balaban J connectivity index is 1.40. The normalized spacial score (nSPS) is 44.6. The molecule has 0 spiro atoms. The van der Waals surface area contributed by atoms with Gasteiger partial charge < -0.3 is 0 Å². The van der Waals surface area contributed by atoms with Crippen LogP contribution in [0.15, 0.2) is 0 Å². The van der Waals surface area contributed by atoms with E-state index in [0.29, 0.717) is 12.0 Å². The van der Waals surface area contributed by atoms with Crippen LogP contribution in [0.5, 0.6) is 0 Å². The molecule has 1 saturated heterocycles. The molecule has 0 N–H and O–H groups in total. The van der Waals surface area contributed by atoms with Gasteiger partial charge in [0.05, 0.1) is 6.07 Å². The molecule has 5 rings (SSSR count). The Bertz CT molecular complexity index is 368. The van der Waals surface area contributed by atoms with Gasteiger partial charge in [0, 0.05) is 44.7 Å². The molecule has 3 heteroatoms. The summed E-state index contributed by atoms with van der Waals surface area (Å²) in [5.41, 5.74) is 0.593. The van der Waals surface area contributed by atoms with E-state index in [2.05, 4.69) is 15.9 Å². The molecule has 0 amide bonds. The Kier molecular flexibility index (Phi) is 3.27. The summed E-state index contributed by atoms with van der Waals surface area (Å²) >= 11 is 0. The second-order valence-corrected chi connectivity index (χ2v) is 7.88. The van der Waals surface area contributed by atoms with Crippen molar-refractivity contribution >= 4 is 0 Å². The van der Waals surface area contributed by atoms with Crippen LogP contribution in [0.1, 0.15) is 44.9 Å². The van der Waals surface area contributed by atoms with Gasteiger partial charge in [-0.25, -0.2) is 0 Å². The largest absolute Gasteiger partial charge is 0.300 e. The molecule has 0 atom stereocenters. The number of hydrogen-bond donors (Lipinski definition) is 0. The van der Waals surface area contributed by atoms with Crippen LogP contribution >= 0.6 is 0 Å². The summed E-state index contributed by atoms with van der Waals surface area (Å²) in [7, 11) is 0. The van der Waals surface area contributed by atoms with Gasteiger partial charge in [-0.15, -0.1) is 0 Å². The quantitative estimate of drug-likeness (QED) is 0.791. The maximum Gasteiger partial charge on any atom is 0.0635 e. The molecule has 20 heavy (non-hydrogen) atoms. The van der Waals surface area contributed by atoms with Gasteiger partial charge in [-0.05, 0) is 56.3 Å². The molecule has 1 heterocycles. The zero-order valence-corrected chi connectivity index (χ0v) is 12.6. The Labute approximate surface area is 122 Å². The minimum Gasteiger partial charge on any atom is -0.300 e. The molecule has 0 aromatic carbocycles. The van der Waals surface area contributed by atoms with Crippen molar-refractivity contribution in [3.05, 3.63) is 0 Å². The zero-order valence-electron chi connectivity index (χ0n) is 12.6. The fourth-order valence-corrected chi connectivity index (χ4v) is 6.11. The molecule has 0 unspecified atom stereocenters. The zero-order chi connectivity index (χ0) is 13.6. The van der Waals surface area contributed by atoms with Crippen molar-refractivity contribution in [2.45, 2.75) is 50.5 Å². The van der Waals surface area contributed by atoms with E-state index in [1.165, 1.54) is 45.4 Å². The summed E-state index contributed by atoms with van der Waals surface area (Å²) in [6.45, 7) is 5.84. The molecule has 5 aliphatic rings. The highest BCUT2D eigenvalue weighted by atomic mass is 15.3. The third kappa shape index (κ3) is 2.18. The Morgan fingerprint density at radius 3 is 1.95 bits per heavy atom. The molecule has 3 nitrogen and oxygen atoms in total. The van der Waals surface area contributed by atoms with Crippen molar-refractivity contribution in [3.63, 3.8) is 0 Å². The first kappa shape index (κ1) is 13.1. The Morgan fingerprint density at radius 1 is 0.900 bits per heavy atom. The van der Waals surface area contributed by atoms with Gasteiger partial charge in [0.15, 0.2) is 0 Å². The standard InChI is InChI=1S/C17H27N3/c18-2-1-3-19-4-6-20(7-5-19)17-11-14-8-15(12-17)10-16(9-14)13-17/h14-16H,1,3-13H2. The summed E-state index contributed by atoms with van der Waals surface area (Å²) in [6.07, 6.45) is 9.81. The topological polar surface area (TPSA) is 30.3 Å². The molecule has 0 aromatic heterocycles. The van der Waals surface area contributed by atoms with Crippen LogP contribution < -0.4 is 0 Å². The first-order valence-electron chi connectivity index (χ1n) is 8.62. The SMILES string of the molecule is N#CCCN1CCN(C23CC4CC(CC(C4)C2)C3)CC1. The average molecular weight is 273 g/mol. The van der Waals surface area contributed by atoms with E-state index in [1.807, 2.05) is 0 Å². The third-order valence-corrected chi connectivity index (χ3v) is 6.59. The lowest BCUT2D eigenvalue weighted by Gasteiger charge is -2.61. The average Bonchev–Trinajstić information content (AvgIpc) is 2.44. The van der Waals surface area contributed by atoms with Crippen LogP contribution in [-0.4, -0.2) is 48.1 Å². The molecule has 4 aliphatic carbocycles. The number of piperazine rings is 1. The lowest BCUT2D eigenvalue weighted by atomic mass is 9.52. The molecule has 1 aliphatic heterocycles. The molecule has 0 aromatic rings. The summed E-state index contributed by atoms with van der Waals surface area (Å²) in [4.78, 5) is 5.35. The molecule has 5 fully saturated rings. The van der Waals surface area contributed by atoms with Crippen LogP contribution in [0, 0.1) is 29.1 Å². The summed E-state index contributed by atoms with van der Waals surface area (Å²) in [6, 6.07) is 2.28. The van der Waals surface area contributed by atoms with Gasteiger partial charge in [-0.3, -0.25) is 9.80 Å². The number of nitriles is 1. The van der Waals surface area contributed by atoms with Crippen molar-refractivity contribution in [1.82, 2.24) is 9.80 Å². The highest BCUT2D eigenvalue weighted by Crippen LogP contribution is 2.57. The van der Waals surface area contributed by atoms with Crippen molar-refractivity contribution < 1.29 is 0 Å². The van der Waals surface area contributed by atoms with Crippen molar-refractivity contribution in [1.29, 1.82) is 5.26 Å². The van der Waals surface area contributed by atoms with Gasteiger partial charge in [-0.1, -0.05) is 0 Å². The molecule has 4 bridgehead atoms. The fourth-order valence-electron chi connectivity index (χ4n) is 6.11. The maximum absolute atomic E-state index is 8.72. The van der Waals surface area contributed by atoms with Crippen molar-refractivity contribution in [2.24, 2.45) is 17.8 Å². The van der Waals surface area contributed by atoms with E-state index in [-0.39, 0.29) is 0 Å². The summed E-state index contributed by atoms with van der Waals surface area (Å²) in [5.74, 6) is 3.16. The van der Waals surface area contributed by atoms with Crippen LogP contribution in [0.2, 0.25) is 0 Å². The smallest absolute Gasteiger partial charge is 0.0635 e. The first-order valence-corrected chi connectivity index (χ1v) is 8.62. The molecule has 110 valence electrons. The monoisotopic (exact) mass is 273 g/mol. The van der Waals surface area contributed by atoms with Gasteiger partial charge in [0.25, 0.3) is 0 Å². The van der Waals surface area contributed by atoms with E-state index < -0.39 is 0 Å². The van der Waals surface area contributed by atoms with E-state index in [0.717, 1.165) is 24.3 Å². The molecular weight excluding hydrogens is 246 g/mol. The van der Waals surface area contributed by atoms with E-state index in [1.54, 1.807) is 19.3 Å². The number of rotatable bonds is 3. The van der Waals surface area contributed by atoms with Gasteiger partial charge >= 0.3 is 0 Å². The highest BCUT2D eigenvalue weighted by molar-refractivity contribution is 5.08. The third-order valence-electron chi connectivity index (χ3n) is 6.59. The Hall–Kier alpha value is -0.590. The van der Waals surface area contributed by atoms with Gasteiger partial charge in [0.2, 0.25) is 0 Å². The second kappa shape index (κ2) is 5.00. The highest BCUT2D eigenvalue weighted by Gasteiger charge is 2.53. The summed E-state index contributed by atoms with van der Waals surface area (Å²) < 4.78 is 0. The summed E-state index contributed by atoms with van der Waals surface area (Å²) in [5, 5.41) is 8.72. The minimum atomic E-state index is 0.593. The van der Waals surface area contributed by atoms with Gasteiger partial charge in [-0.2, -0.15) is 5.26 Å². The number of nitrogens with zero attached hydrogens (tertiary/aromatic N) is 3. The van der Waals surface area contributed by atoms with E-state index in [4.69, 9.17) is 5.26 Å². The molecule has 0 radical (unpaired) electrons. The van der Waals surface area contributed by atoms with Crippen molar-refractivity contribution in [2.75, 3.05) is 32.7 Å². The van der Waals surface area contributed by atoms with E-state index in [9.17, 15) is 0 Å². The fraction of sp³-hybridized carbons (Fsp3) is 0.941. The first-order chi connectivity index (χ1) is 9.77. The van der Waals surface area contributed by atoms with Crippen LogP contribution in [0.3, 0.4) is 0 Å². The van der Waals surface area contributed by atoms with Crippen molar-refractivity contribution in [3.8, 4) is 6.07 Å². The van der Waals surface area contributed by atoms with Gasteiger partial charge in [0.1, 0.15) is 0 Å².